The molecule has 2 N–H and O–H groups in total. The van der Waals surface area contributed by atoms with Gasteiger partial charge in [0, 0.05) is 12.1 Å². The van der Waals surface area contributed by atoms with Crippen molar-refractivity contribution in [3.8, 4) is 5.75 Å². The summed E-state index contributed by atoms with van der Waals surface area (Å²) in [4.78, 5) is 24.0. The van der Waals surface area contributed by atoms with Crippen LogP contribution in [0.25, 0.3) is 0 Å². The topological polar surface area (TPSA) is 67.4 Å². The lowest BCUT2D eigenvalue weighted by Crippen LogP contribution is -2.35. The lowest BCUT2D eigenvalue weighted by atomic mass is 10.2. The first kappa shape index (κ1) is 19.1. The van der Waals surface area contributed by atoms with Crippen LogP contribution >= 0.6 is 23.2 Å². The molecule has 0 aliphatic heterocycles. The summed E-state index contributed by atoms with van der Waals surface area (Å²) >= 11 is 11.9. The van der Waals surface area contributed by atoms with Crippen molar-refractivity contribution in [1.82, 2.24) is 5.32 Å². The summed E-state index contributed by atoms with van der Waals surface area (Å²) in [5, 5.41) is 5.47. The van der Waals surface area contributed by atoms with Gasteiger partial charge in [0.25, 0.3) is 0 Å². The van der Waals surface area contributed by atoms with E-state index in [0.29, 0.717) is 10.8 Å². The van der Waals surface area contributed by atoms with Gasteiger partial charge in [-0.05, 0) is 32.0 Å². The van der Waals surface area contributed by atoms with Gasteiger partial charge in [0.2, 0.25) is 0 Å². The molecule has 0 bridgehead atoms. The number of hydrogen-bond donors (Lipinski definition) is 2. The molecule has 25 heavy (non-hydrogen) atoms. The van der Waals surface area contributed by atoms with E-state index in [1.807, 2.05) is 38.1 Å². The maximum atomic E-state index is 12.0. The Balaban J connectivity index is 1.98. The predicted octanol–water partition coefficient (Wildman–Crippen LogP) is 4.04. The molecule has 0 heterocycles. The fourth-order valence-corrected chi connectivity index (χ4v) is 2.40. The predicted molar refractivity (Wildman–Crippen MR) is 99.1 cm³/mol. The first-order chi connectivity index (χ1) is 11.9. The highest BCUT2D eigenvalue weighted by Crippen LogP contribution is 2.29. The molecule has 0 radical (unpaired) electrons. The second kappa shape index (κ2) is 8.74. The molecule has 132 valence electrons. The van der Waals surface area contributed by atoms with Crippen molar-refractivity contribution < 1.29 is 14.3 Å². The number of para-hydroxylation sites is 1. The Hall–Kier alpha value is -2.24. The fourth-order valence-electron chi connectivity index (χ4n) is 2.05. The summed E-state index contributed by atoms with van der Waals surface area (Å²) in [7, 11) is 0. The molecule has 2 rings (SSSR count). The van der Waals surface area contributed by atoms with E-state index >= 15 is 0 Å². The monoisotopic (exact) mass is 380 g/mol. The number of amides is 2. The number of halogens is 2. The van der Waals surface area contributed by atoms with Gasteiger partial charge in [-0.3, -0.25) is 9.59 Å². The number of nitrogens with one attached hydrogen (secondary N) is 2. The second-order valence-corrected chi connectivity index (χ2v) is 6.30. The van der Waals surface area contributed by atoms with Crippen molar-refractivity contribution in [2.45, 2.75) is 26.5 Å². The molecule has 7 heteroatoms. The molecule has 0 aliphatic rings. The molecule has 0 saturated carbocycles. The number of carbonyl (C=O) groups excluding carboxylic acids is 2. The Labute approximate surface area is 156 Å². The smallest absolute Gasteiger partial charge is 0.313 e. The Bertz CT molecular complexity index is 779. The maximum absolute atomic E-state index is 12.0. The number of rotatable bonds is 5. The Morgan fingerprint density at radius 1 is 1.04 bits per heavy atom. The molecule has 0 atom stereocenters. The fraction of sp³-hybridized carbons (Fsp3) is 0.222. The SMILES string of the molecule is CC(C)Oc1ccccc1CNC(=O)C(=O)Nc1cccc(Cl)c1Cl. The summed E-state index contributed by atoms with van der Waals surface area (Å²) in [6.07, 6.45) is 0.00474. The van der Waals surface area contributed by atoms with Crippen molar-refractivity contribution in [2.75, 3.05) is 5.32 Å². The van der Waals surface area contributed by atoms with Crippen LogP contribution in [-0.4, -0.2) is 17.9 Å². The number of carbonyl (C=O) groups is 2. The highest BCUT2D eigenvalue weighted by atomic mass is 35.5. The van der Waals surface area contributed by atoms with Gasteiger partial charge in [-0.1, -0.05) is 47.5 Å². The minimum atomic E-state index is -0.827. The molecule has 0 aliphatic carbocycles. The molecule has 0 unspecified atom stereocenters. The molecular formula is C18H18Cl2N2O3. The van der Waals surface area contributed by atoms with Crippen LogP contribution in [0.15, 0.2) is 42.5 Å². The minimum Gasteiger partial charge on any atom is -0.491 e. The number of benzene rings is 2. The average molecular weight is 381 g/mol. The molecular weight excluding hydrogens is 363 g/mol. The minimum absolute atomic E-state index is 0.00474. The van der Waals surface area contributed by atoms with E-state index in [-0.39, 0.29) is 23.4 Å². The zero-order valence-electron chi connectivity index (χ0n) is 13.8. The van der Waals surface area contributed by atoms with Gasteiger partial charge in [-0.25, -0.2) is 0 Å². The maximum Gasteiger partial charge on any atom is 0.313 e. The summed E-state index contributed by atoms with van der Waals surface area (Å²) in [6, 6.07) is 12.1. The highest BCUT2D eigenvalue weighted by Gasteiger charge is 2.16. The summed E-state index contributed by atoms with van der Waals surface area (Å²) < 4.78 is 5.68. The van der Waals surface area contributed by atoms with Gasteiger partial charge in [0.05, 0.1) is 21.8 Å². The number of hydrogen-bond acceptors (Lipinski definition) is 3. The highest BCUT2D eigenvalue weighted by molar-refractivity contribution is 6.45. The third-order valence-corrected chi connectivity index (χ3v) is 4.00. The normalized spacial score (nSPS) is 10.4. The summed E-state index contributed by atoms with van der Waals surface area (Å²) in [5.74, 6) is -0.946. The zero-order chi connectivity index (χ0) is 18.4. The van der Waals surface area contributed by atoms with Crippen LogP contribution in [0.4, 0.5) is 5.69 Å². The van der Waals surface area contributed by atoms with E-state index in [2.05, 4.69) is 10.6 Å². The number of ether oxygens (including phenoxy) is 1. The quantitative estimate of drug-likeness (QED) is 0.769. The Morgan fingerprint density at radius 2 is 1.76 bits per heavy atom. The zero-order valence-corrected chi connectivity index (χ0v) is 15.3. The molecule has 0 fully saturated rings. The van der Waals surface area contributed by atoms with Crippen LogP contribution in [0.1, 0.15) is 19.4 Å². The third-order valence-electron chi connectivity index (χ3n) is 3.18. The van der Waals surface area contributed by atoms with Crippen molar-refractivity contribution in [3.05, 3.63) is 58.1 Å². The van der Waals surface area contributed by atoms with E-state index in [0.717, 1.165) is 5.56 Å². The van der Waals surface area contributed by atoms with Crippen LogP contribution in [0.5, 0.6) is 5.75 Å². The molecule has 0 saturated heterocycles. The van der Waals surface area contributed by atoms with Crippen LogP contribution in [-0.2, 0) is 16.1 Å². The van der Waals surface area contributed by atoms with Crippen molar-refractivity contribution in [3.63, 3.8) is 0 Å². The molecule has 5 nitrogen and oxygen atoms in total. The molecule has 0 spiro atoms. The molecule has 2 aromatic rings. The summed E-state index contributed by atoms with van der Waals surface area (Å²) in [6.45, 7) is 3.99. The molecule has 0 aromatic heterocycles. The van der Waals surface area contributed by atoms with Crippen LogP contribution in [0.2, 0.25) is 10.0 Å². The second-order valence-electron chi connectivity index (χ2n) is 5.51. The molecule has 2 aromatic carbocycles. The van der Waals surface area contributed by atoms with Gasteiger partial charge in [0.15, 0.2) is 0 Å². The average Bonchev–Trinajstić information content (AvgIpc) is 2.57. The first-order valence-electron chi connectivity index (χ1n) is 7.66. The van der Waals surface area contributed by atoms with Crippen molar-refractivity contribution >= 4 is 40.7 Å². The Kier molecular flexibility index (Phi) is 6.67. The summed E-state index contributed by atoms with van der Waals surface area (Å²) in [5.41, 5.74) is 1.05. The van der Waals surface area contributed by atoms with E-state index in [1.54, 1.807) is 18.2 Å². The van der Waals surface area contributed by atoms with Crippen molar-refractivity contribution in [1.29, 1.82) is 0 Å². The van der Waals surface area contributed by atoms with E-state index < -0.39 is 11.8 Å². The van der Waals surface area contributed by atoms with E-state index in [9.17, 15) is 9.59 Å². The van der Waals surface area contributed by atoms with Gasteiger partial charge in [-0.2, -0.15) is 0 Å². The lowest BCUT2D eigenvalue weighted by Gasteiger charge is -2.14. The first-order valence-corrected chi connectivity index (χ1v) is 8.42. The largest absolute Gasteiger partial charge is 0.491 e. The Morgan fingerprint density at radius 3 is 2.48 bits per heavy atom. The van der Waals surface area contributed by atoms with Gasteiger partial charge >= 0.3 is 11.8 Å². The van der Waals surface area contributed by atoms with Gasteiger partial charge < -0.3 is 15.4 Å². The van der Waals surface area contributed by atoms with E-state index in [1.165, 1.54) is 0 Å². The van der Waals surface area contributed by atoms with Crippen LogP contribution in [0, 0.1) is 0 Å². The van der Waals surface area contributed by atoms with Gasteiger partial charge in [0.1, 0.15) is 5.75 Å². The standard InChI is InChI=1S/C18H18Cl2N2O3/c1-11(2)25-15-9-4-3-6-12(15)10-21-17(23)18(24)22-14-8-5-7-13(19)16(14)20/h3-9,11H,10H2,1-2H3,(H,21,23)(H,22,24). The molecule has 2 amide bonds. The van der Waals surface area contributed by atoms with Gasteiger partial charge in [-0.15, -0.1) is 0 Å². The lowest BCUT2D eigenvalue weighted by molar-refractivity contribution is -0.136. The van der Waals surface area contributed by atoms with Crippen molar-refractivity contribution in [2.24, 2.45) is 0 Å². The van der Waals surface area contributed by atoms with E-state index in [4.69, 9.17) is 27.9 Å². The third kappa shape index (κ3) is 5.37. The number of anilines is 1. The van der Waals surface area contributed by atoms with Crippen LogP contribution in [0.3, 0.4) is 0 Å². The van der Waals surface area contributed by atoms with Crippen LogP contribution < -0.4 is 15.4 Å².